The Hall–Kier alpha value is -1.46. The highest BCUT2D eigenvalue weighted by atomic mass is 16.4. The fraction of sp³-hybridized carbons (Fsp3) is 0.739. The van der Waals surface area contributed by atoms with Crippen molar-refractivity contribution in [1.29, 1.82) is 0 Å². The van der Waals surface area contributed by atoms with Crippen molar-refractivity contribution in [2.24, 2.45) is 17.3 Å². The molecule has 0 aromatic heterocycles. The summed E-state index contributed by atoms with van der Waals surface area (Å²) in [5.41, 5.74) is 0.0707. The second kappa shape index (κ2) is 10.9. The summed E-state index contributed by atoms with van der Waals surface area (Å²) in [5.74, 6) is -1.14. The van der Waals surface area contributed by atoms with Gasteiger partial charge in [0.2, 0.25) is 0 Å². The van der Waals surface area contributed by atoms with E-state index in [0.717, 1.165) is 25.7 Å². The van der Waals surface area contributed by atoms with Crippen LogP contribution < -0.4 is 0 Å². The van der Waals surface area contributed by atoms with Gasteiger partial charge in [-0.25, -0.2) is 0 Å². The number of carboxylic acid groups (broad SMARTS) is 1. The maximum absolute atomic E-state index is 12.2. The minimum atomic E-state index is -0.794. The van der Waals surface area contributed by atoms with Crippen LogP contribution in [0.25, 0.3) is 0 Å². The molecule has 0 aliphatic heterocycles. The largest absolute Gasteiger partial charge is 0.481 e. The Morgan fingerprint density at radius 1 is 1.29 bits per heavy atom. The Bertz CT molecular complexity index is 576. The zero-order valence-electron chi connectivity index (χ0n) is 17.1. The first-order valence-corrected chi connectivity index (χ1v) is 10.8. The molecular weight excluding hydrogens is 356 g/mol. The van der Waals surface area contributed by atoms with Crippen LogP contribution in [0.5, 0.6) is 0 Å². The lowest BCUT2D eigenvalue weighted by molar-refractivity contribution is -0.137. The Morgan fingerprint density at radius 2 is 2.04 bits per heavy atom. The van der Waals surface area contributed by atoms with Gasteiger partial charge in [0.15, 0.2) is 0 Å². The van der Waals surface area contributed by atoms with E-state index >= 15 is 0 Å². The first-order valence-electron chi connectivity index (χ1n) is 10.8. The standard InChI is InChI=1S/C23H36O5/c1-2-13-23(14-8-15-23)21(26)11-7-10-18-17(19(24)16-20(18)25)9-5-3-4-6-12-22(27)28/h3,5,7,10,17-18,20-21,25-26H,2,4,6,8-9,11-16H2,1H3,(H,27,28)/b5-3-,10-7-/t17-,18-,20-,21?/m1/s1. The molecule has 0 aromatic rings. The van der Waals surface area contributed by atoms with Crippen molar-refractivity contribution in [2.45, 2.75) is 89.8 Å². The van der Waals surface area contributed by atoms with Crippen LogP contribution in [0.15, 0.2) is 24.3 Å². The average Bonchev–Trinajstić information content (AvgIpc) is 2.87. The number of Topliss-reactive ketones (excluding diaryl/α,β-unsaturated/α-hetero) is 1. The zero-order chi connectivity index (χ0) is 20.6. The predicted molar refractivity (Wildman–Crippen MR) is 109 cm³/mol. The number of hydrogen-bond donors (Lipinski definition) is 3. The molecule has 0 spiro atoms. The Labute approximate surface area is 168 Å². The third-order valence-corrected chi connectivity index (χ3v) is 6.57. The van der Waals surface area contributed by atoms with Gasteiger partial charge in [0, 0.05) is 24.7 Å². The Balaban J connectivity index is 1.85. The van der Waals surface area contributed by atoms with Crippen molar-refractivity contribution in [3.8, 4) is 0 Å². The van der Waals surface area contributed by atoms with Crippen molar-refractivity contribution in [3.05, 3.63) is 24.3 Å². The number of unbranched alkanes of at least 4 members (excludes halogenated alkanes) is 1. The highest BCUT2D eigenvalue weighted by Crippen LogP contribution is 2.48. The van der Waals surface area contributed by atoms with Crippen LogP contribution in [-0.4, -0.2) is 39.3 Å². The molecule has 0 radical (unpaired) electrons. The summed E-state index contributed by atoms with van der Waals surface area (Å²) in [6.45, 7) is 2.16. The highest BCUT2D eigenvalue weighted by Gasteiger charge is 2.42. The normalized spacial score (nSPS) is 28.1. The summed E-state index contributed by atoms with van der Waals surface area (Å²) in [4.78, 5) is 22.8. The van der Waals surface area contributed by atoms with E-state index < -0.39 is 12.1 Å². The van der Waals surface area contributed by atoms with Crippen LogP contribution in [0, 0.1) is 17.3 Å². The third kappa shape index (κ3) is 6.02. The smallest absolute Gasteiger partial charge is 0.303 e. The lowest BCUT2D eigenvalue weighted by Crippen LogP contribution is -2.41. The predicted octanol–water partition coefficient (Wildman–Crippen LogP) is 4.03. The molecule has 0 aromatic carbocycles. The van der Waals surface area contributed by atoms with Crippen molar-refractivity contribution in [2.75, 3.05) is 0 Å². The SMILES string of the molecule is CCCC1(C(O)C/C=C\[C@H]2[C@H](O)CC(=O)[C@@H]2C/C=C\CCCC(=O)O)CCC1. The number of carboxylic acids is 1. The molecule has 2 fully saturated rings. The van der Waals surface area contributed by atoms with Gasteiger partial charge in [-0.2, -0.15) is 0 Å². The van der Waals surface area contributed by atoms with Crippen LogP contribution >= 0.6 is 0 Å². The maximum atomic E-state index is 12.2. The van der Waals surface area contributed by atoms with E-state index in [1.807, 2.05) is 24.3 Å². The molecule has 28 heavy (non-hydrogen) atoms. The monoisotopic (exact) mass is 392 g/mol. The molecule has 1 unspecified atom stereocenters. The topological polar surface area (TPSA) is 94.8 Å². The van der Waals surface area contributed by atoms with E-state index in [0.29, 0.717) is 25.7 Å². The number of aliphatic hydroxyl groups excluding tert-OH is 2. The van der Waals surface area contributed by atoms with Crippen LogP contribution in [0.4, 0.5) is 0 Å². The number of carbonyl (C=O) groups excluding carboxylic acids is 1. The average molecular weight is 393 g/mol. The van der Waals surface area contributed by atoms with Gasteiger partial charge in [0.05, 0.1) is 12.2 Å². The van der Waals surface area contributed by atoms with Crippen LogP contribution in [0.3, 0.4) is 0 Å². The van der Waals surface area contributed by atoms with Gasteiger partial charge in [-0.15, -0.1) is 0 Å². The second-order valence-electron chi connectivity index (χ2n) is 8.56. The summed E-state index contributed by atoms with van der Waals surface area (Å²) in [6.07, 6.45) is 15.0. The molecule has 2 aliphatic carbocycles. The van der Waals surface area contributed by atoms with Crippen LogP contribution in [0.1, 0.15) is 77.6 Å². The summed E-state index contributed by atoms with van der Waals surface area (Å²) in [7, 11) is 0. The maximum Gasteiger partial charge on any atom is 0.303 e. The number of aliphatic hydroxyl groups is 2. The number of hydrogen-bond acceptors (Lipinski definition) is 4. The van der Waals surface area contributed by atoms with Gasteiger partial charge in [0.1, 0.15) is 5.78 Å². The van der Waals surface area contributed by atoms with E-state index in [2.05, 4.69) is 6.92 Å². The molecule has 0 amide bonds. The van der Waals surface area contributed by atoms with Gasteiger partial charge < -0.3 is 15.3 Å². The Kier molecular flexibility index (Phi) is 8.90. The van der Waals surface area contributed by atoms with E-state index in [4.69, 9.17) is 5.11 Å². The molecule has 0 heterocycles. The molecule has 0 saturated heterocycles. The summed E-state index contributed by atoms with van der Waals surface area (Å²) < 4.78 is 0. The molecule has 158 valence electrons. The molecular formula is C23H36O5. The van der Waals surface area contributed by atoms with Crippen LogP contribution in [-0.2, 0) is 9.59 Å². The minimum absolute atomic E-state index is 0.0707. The molecule has 2 rings (SSSR count). The lowest BCUT2D eigenvalue weighted by atomic mass is 9.62. The first kappa shape index (κ1) is 22.8. The van der Waals surface area contributed by atoms with Gasteiger partial charge in [-0.3, -0.25) is 9.59 Å². The molecule has 3 N–H and O–H groups in total. The van der Waals surface area contributed by atoms with Gasteiger partial charge >= 0.3 is 5.97 Å². The van der Waals surface area contributed by atoms with Crippen molar-refractivity contribution >= 4 is 11.8 Å². The summed E-state index contributed by atoms with van der Waals surface area (Å²) in [5, 5.41) is 29.6. The van der Waals surface area contributed by atoms with E-state index in [1.54, 1.807) is 0 Å². The van der Waals surface area contributed by atoms with Crippen LogP contribution in [0.2, 0.25) is 0 Å². The Morgan fingerprint density at radius 3 is 2.64 bits per heavy atom. The van der Waals surface area contributed by atoms with E-state index in [9.17, 15) is 19.8 Å². The van der Waals surface area contributed by atoms with E-state index in [-0.39, 0.29) is 42.0 Å². The quantitative estimate of drug-likeness (QED) is 0.344. The molecule has 5 heteroatoms. The lowest BCUT2D eigenvalue weighted by Gasteiger charge is -2.45. The van der Waals surface area contributed by atoms with Crippen molar-refractivity contribution < 1.29 is 24.9 Å². The third-order valence-electron chi connectivity index (χ3n) is 6.57. The van der Waals surface area contributed by atoms with Gasteiger partial charge in [-0.1, -0.05) is 44.1 Å². The zero-order valence-corrected chi connectivity index (χ0v) is 17.1. The van der Waals surface area contributed by atoms with Crippen molar-refractivity contribution in [3.63, 3.8) is 0 Å². The number of carbonyl (C=O) groups is 2. The van der Waals surface area contributed by atoms with Gasteiger partial charge in [0.25, 0.3) is 0 Å². The number of rotatable bonds is 12. The summed E-state index contributed by atoms with van der Waals surface area (Å²) >= 11 is 0. The fourth-order valence-electron chi connectivity index (χ4n) is 4.75. The fourth-order valence-corrected chi connectivity index (χ4v) is 4.75. The van der Waals surface area contributed by atoms with Gasteiger partial charge in [-0.05, 0) is 50.4 Å². The second-order valence-corrected chi connectivity index (χ2v) is 8.56. The van der Waals surface area contributed by atoms with Crippen molar-refractivity contribution in [1.82, 2.24) is 0 Å². The number of aliphatic carboxylic acids is 1. The number of allylic oxidation sites excluding steroid dienone is 2. The first-order chi connectivity index (χ1) is 13.4. The molecule has 2 saturated carbocycles. The molecule has 0 bridgehead atoms. The highest BCUT2D eigenvalue weighted by molar-refractivity contribution is 5.84. The molecule has 5 nitrogen and oxygen atoms in total. The molecule has 2 aliphatic rings. The number of ketones is 1. The molecule has 4 atom stereocenters. The van der Waals surface area contributed by atoms with E-state index in [1.165, 1.54) is 6.42 Å². The summed E-state index contributed by atoms with van der Waals surface area (Å²) in [6, 6.07) is 0. The minimum Gasteiger partial charge on any atom is -0.481 e.